The van der Waals surface area contributed by atoms with E-state index in [1.54, 1.807) is 31.2 Å². The van der Waals surface area contributed by atoms with Gasteiger partial charge in [-0.15, -0.1) is 0 Å². The Labute approximate surface area is 132 Å². The van der Waals surface area contributed by atoms with Crippen LogP contribution in [-0.2, 0) is 10.0 Å². The SMILES string of the molecule is Cc1cc(OC(F)F)cc2ccn(S(=O)(=O)c3ccccc3)c12. The number of hydrogen-bond acceptors (Lipinski definition) is 3. The summed E-state index contributed by atoms with van der Waals surface area (Å²) >= 11 is 0. The summed E-state index contributed by atoms with van der Waals surface area (Å²) in [7, 11) is -3.75. The first-order chi connectivity index (χ1) is 10.9. The number of aromatic nitrogens is 1. The molecular weight excluding hydrogens is 324 g/mol. The Hall–Kier alpha value is -2.41. The molecule has 3 rings (SSSR count). The molecule has 0 aliphatic rings. The fourth-order valence-corrected chi connectivity index (χ4v) is 3.94. The second kappa shape index (κ2) is 5.66. The lowest BCUT2D eigenvalue weighted by molar-refractivity contribution is -0.0497. The average molecular weight is 337 g/mol. The number of aryl methyl sites for hydroxylation is 1. The van der Waals surface area contributed by atoms with Crippen molar-refractivity contribution in [2.45, 2.75) is 18.4 Å². The molecule has 0 radical (unpaired) electrons. The van der Waals surface area contributed by atoms with Crippen molar-refractivity contribution in [3.8, 4) is 5.75 Å². The van der Waals surface area contributed by atoms with Crippen LogP contribution >= 0.6 is 0 Å². The van der Waals surface area contributed by atoms with E-state index in [4.69, 9.17) is 0 Å². The van der Waals surface area contributed by atoms with Gasteiger partial charge >= 0.3 is 6.61 Å². The van der Waals surface area contributed by atoms with Crippen LogP contribution in [0.2, 0.25) is 0 Å². The van der Waals surface area contributed by atoms with Crippen molar-refractivity contribution in [2.75, 3.05) is 0 Å². The molecule has 0 spiro atoms. The molecule has 0 saturated heterocycles. The molecule has 0 aliphatic carbocycles. The summed E-state index contributed by atoms with van der Waals surface area (Å²) in [4.78, 5) is 0.157. The predicted molar refractivity (Wildman–Crippen MR) is 82.3 cm³/mol. The number of halogens is 2. The molecule has 0 unspecified atom stereocenters. The number of benzene rings is 2. The monoisotopic (exact) mass is 337 g/mol. The van der Waals surface area contributed by atoms with Crippen molar-refractivity contribution in [1.29, 1.82) is 0 Å². The summed E-state index contributed by atoms with van der Waals surface area (Å²) in [6.07, 6.45) is 1.41. The van der Waals surface area contributed by atoms with Crippen LogP contribution in [0.1, 0.15) is 5.56 Å². The Morgan fingerprint density at radius 3 is 2.43 bits per heavy atom. The highest BCUT2D eigenvalue weighted by molar-refractivity contribution is 7.90. The predicted octanol–water partition coefficient (Wildman–Crippen LogP) is 3.79. The number of rotatable bonds is 4. The van der Waals surface area contributed by atoms with Crippen molar-refractivity contribution in [3.63, 3.8) is 0 Å². The second-order valence-electron chi connectivity index (χ2n) is 4.99. The van der Waals surface area contributed by atoms with Gasteiger partial charge in [0.2, 0.25) is 0 Å². The van der Waals surface area contributed by atoms with Gasteiger partial charge in [-0.25, -0.2) is 12.4 Å². The smallest absolute Gasteiger partial charge is 0.387 e. The van der Waals surface area contributed by atoms with Crippen molar-refractivity contribution in [2.24, 2.45) is 0 Å². The van der Waals surface area contributed by atoms with Crippen LogP contribution < -0.4 is 4.74 Å². The third-order valence-electron chi connectivity index (χ3n) is 3.44. The van der Waals surface area contributed by atoms with E-state index in [1.807, 2.05) is 0 Å². The van der Waals surface area contributed by atoms with Crippen LogP contribution in [0.5, 0.6) is 5.75 Å². The first-order valence-corrected chi connectivity index (χ1v) is 8.21. The minimum absolute atomic E-state index is 0.000130. The maximum absolute atomic E-state index is 12.7. The summed E-state index contributed by atoms with van der Waals surface area (Å²) in [6, 6.07) is 12.4. The van der Waals surface area contributed by atoms with Gasteiger partial charge in [0.1, 0.15) is 5.75 Å². The first-order valence-electron chi connectivity index (χ1n) is 6.77. The van der Waals surface area contributed by atoms with Gasteiger partial charge in [0.05, 0.1) is 10.4 Å². The Kier molecular flexibility index (Phi) is 3.81. The van der Waals surface area contributed by atoms with E-state index in [0.717, 1.165) is 3.97 Å². The van der Waals surface area contributed by atoms with E-state index in [0.29, 0.717) is 16.5 Å². The maximum atomic E-state index is 12.7. The third kappa shape index (κ3) is 2.79. The van der Waals surface area contributed by atoms with E-state index in [-0.39, 0.29) is 10.6 Å². The number of hydrogen-bond donors (Lipinski definition) is 0. The summed E-state index contributed by atoms with van der Waals surface area (Å²) in [5, 5.41) is 0.514. The summed E-state index contributed by atoms with van der Waals surface area (Å²) in [5.41, 5.74) is 0.970. The minimum atomic E-state index is -3.75. The Bertz CT molecular complexity index is 950. The van der Waals surface area contributed by atoms with E-state index in [9.17, 15) is 17.2 Å². The molecule has 0 amide bonds. The highest BCUT2D eigenvalue weighted by atomic mass is 32.2. The second-order valence-corrected chi connectivity index (χ2v) is 6.80. The highest BCUT2D eigenvalue weighted by Gasteiger charge is 2.20. The lowest BCUT2D eigenvalue weighted by Crippen LogP contribution is -2.12. The molecule has 7 heteroatoms. The third-order valence-corrected chi connectivity index (χ3v) is 5.13. The van der Waals surface area contributed by atoms with Gasteiger partial charge in [0.25, 0.3) is 10.0 Å². The van der Waals surface area contributed by atoms with Crippen LogP contribution in [0.15, 0.2) is 59.6 Å². The number of nitrogens with zero attached hydrogens (tertiary/aromatic N) is 1. The molecular formula is C16H13F2NO3S. The Morgan fingerprint density at radius 2 is 1.78 bits per heavy atom. The molecule has 3 aromatic rings. The highest BCUT2D eigenvalue weighted by Crippen LogP contribution is 2.29. The molecule has 23 heavy (non-hydrogen) atoms. The van der Waals surface area contributed by atoms with Crippen LogP contribution in [0.4, 0.5) is 8.78 Å². The van der Waals surface area contributed by atoms with Gasteiger partial charge in [-0.3, -0.25) is 0 Å². The molecule has 1 aromatic heterocycles. The van der Waals surface area contributed by atoms with Gasteiger partial charge in [-0.05, 0) is 42.8 Å². The zero-order chi connectivity index (χ0) is 16.6. The Morgan fingerprint density at radius 1 is 1.09 bits per heavy atom. The topological polar surface area (TPSA) is 48.3 Å². The van der Waals surface area contributed by atoms with E-state index in [2.05, 4.69) is 4.74 Å². The van der Waals surface area contributed by atoms with Gasteiger partial charge in [-0.2, -0.15) is 8.78 Å². The molecule has 0 atom stereocenters. The molecule has 4 nitrogen and oxygen atoms in total. The molecule has 0 bridgehead atoms. The van der Waals surface area contributed by atoms with E-state index in [1.165, 1.54) is 30.5 Å². The normalized spacial score (nSPS) is 12.0. The Balaban J connectivity index is 2.17. The zero-order valence-electron chi connectivity index (χ0n) is 12.1. The number of alkyl halides is 2. The van der Waals surface area contributed by atoms with Crippen LogP contribution in [0, 0.1) is 6.92 Å². The first kappa shape index (κ1) is 15.5. The van der Waals surface area contributed by atoms with Crippen LogP contribution in [0.3, 0.4) is 0 Å². The average Bonchev–Trinajstić information content (AvgIpc) is 2.92. The molecule has 0 fully saturated rings. The lowest BCUT2D eigenvalue weighted by atomic mass is 10.1. The zero-order valence-corrected chi connectivity index (χ0v) is 12.9. The fraction of sp³-hybridized carbons (Fsp3) is 0.125. The summed E-state index contributed by atoms with van der Waals surface area (Å²) in [6.45, 7) is -1.28. The molecule has 2 aromatic carbocycles. The molecule has 1 heterocycles. The molecule has 0 aliphatic heterocycles. The molecule has 0 N–H and O–H groups in total. The van der Waals surface area contributed by atoms with Crippen molar-refractivity contribution >= 4 is 20.9 Å². The van der Waals surface area contributed by atoms with E-state index >= 15 is 0 Å². The minimum Gasteiger partial charge on any atom is -0.435 e. The number of fused-ring (bicyclic) bond motifs is 1. The fourth-order valence-electron chi connectivity index (χ4n) is 2.50. The molecule has 120 valence electrons. The largest absolute Gasteiger partial charge is 0.435 e. The maximum Gasteiger partial charge on any atom is 0.387 e. The van der Waals surface area contributed by atoms with Gasteiger partial charge < -0.3 is 4.74 Å². The quantitative estimate of drug-likeness (QED) is 0.728. The van der Waals surface area contributed by atoms with Crippen molar-refractivity contribution in [1.82, 2.24) is 3.97 Å². The van der Waals surface area contributed by atoms with Gasteiger partial charge in [0, 0.05) is 11.6 Å². The van der Waals surface area contributed by atoms with Gasteiger partial charge in [0.15, 0.2) is 0 Å². The van der Waals surface area contributed by atoms with Crippen molar-refractivity contribution < 1.29 is 21.9 Å². The van der Waals surface area contributed by atoms with Crippen LogP contribution in [0.25, 0.3) is 10.9 Å². The standard InChI is InChI=1S/C16H13F2NO3S/c1-11-9-13(22-16(17)18)10-12-7-8-19(15(11)12)23(20,21)14-5-3-2-4-6-14/h2-10,16H,1H3. The van der Waals surface area contributed by atoms with Crippen LogP contribution in [-0.4, -0.2) is 19.0 Å². The summed E-state index contributed by atoms with van der Waals surface area (Å²) < 4.78 is 55.7. The summed E-state index contributed by atoms with van der Waals surface area (Å²) in [5.74, 6) is -0.000130. The van der Waals surface area contributed by atoms with E-state index < -0.39 is 16.6 Å². The van der Waals surface area contributed by atoms with Gasteiger partial charge in [-0.1, -0.05) is 18.2 Å². The van der Waals surface area contributed by atoms with Crippen molar-refractivity contribution in [3.05, 3.63) is 60.3 Å². The lowest BCUT2D eigenvalue weighted by Gasteiger charge is -2.11. The molecule has 0 saturated carbocycles. The number of ether oxygens (including phenoxy) is 1.